The minimum absolute atomic E-state index is 0.242. The van der Waals surface area contributed by atoms with Gasteiger partial charge in [-0.2, -0.15) is 0 Å². The zero-order chi connectivity index (χ0) is 14.7. The van der Waals surface area contributed by atoms with E-state index < -0.39 is 0 Å². The summed E-state index contributed by atoms with van der Waals surface area (Å²) in [5, 5.41) is 0. The van der Waals surface area contributed by atoms with E-state index in [0.717, 1.165) is 6.54 Å². The molecule has 2 N–H and O–H groups in total. The monoisotopic (exact) mass is 268 g/mol. The van der Waals surface area contributed by atoms with E-state index >= 15 is 0 Å². The average molecular weight is 268 g/mol. The fraction of sp³-hybridized carbons (Fsp3) is 1.00. The largest absolute Gasteiger partial charge is 0.329 e. The van der Waals surface area contributed by atoms with E-state index in [1.165, 1.54) is 38.6 Å². The Kier molecular flexibility index (Phi) is 5.88. The lowest BCUT2D eigenvalue weighted by Gasteiger charge is -2.47. The van der Waals surface area contributed by atoms with Crippen molar-refractivity contribution in [3.63, 3.8) is 0 Å². The maximum atomic E-state index is 6.27. The smallest absolute Gasteiger partial charge is 0.0334 e. The number of hydrogen-bond donors (Lipinski definition) is 1. The van der Waals surface area contributed by atoms with Crippen LogP contribution in [0.1, 0.15) is 73.6 Å². The van der Waals surface area contributed by atoms with Gasteiger partial charge in [-0.1, -0.05) is 34.1 Å². The molecule has 0 heterocycles. The van der Waals surface area contributed by atoms with Gasteiger partial charge in [0.25, 0.3) is 0 Å². The van der Waals surface area contributed by atoms with Crippen LogP contribution in [-0.2, 0) is 0 Å². The summed E-state index contributed by atoms with van der Waals surface area (Å²) in [5.74, 6) is 0.710. The molecule has 0 spiro atoms. The van der Waals surface area contributed by atoms with E-state index in [0.29, 0.717) is 17.4 Å². The fourth-order valence-electron chi connectivity index (χ4n) is 3.67. The second-order valence-corrected chi connectivity index (χ2v) is 8.09. The summed E-state index contributed by atoms with van der Waals surface area (Å²) < 4.78 is 0. The summed E-state index contributed by atoms with van der Waals surface area (Å²) in [6.45, 7) is 16.1. The lowest BCUT2D eigenvalue weighted by molar-refractivity contribution is 0.0347. The van der Waals surface area contributed by atoms with E-state index in [-0.39, 0.29) is 5.54 Å². The van der Waals surface area contributed by atoms with Gasteiger partial charge in [0.05, 0.1) is 0 Å². The SMILES string of the molecule is CC(C)CN(C(C)C)C1(CN)CCCC(C)(C)CC1. The topological polar surface area (TPSA) is 29.3 Å². The highest BCUT2D eigenvalue weighted by atomic mass is 15.2. The zero-order valence-electron chi connectivity index (χ0n) is 14.1. The fourth-order valence-corrected chi connectivity index (χ4v) is 3.67. The highest BCUT2D eigenvalue weighted by molar-refractivity contribution is 4.97. The lowest BCUT2D eigenvalue weighted by atomic mass is 9.82. The molecule has 19 heavy (non-hydrogen) atoms. The third-order valence-corrected chi connectivity index (χ3v) is 4.94. The molecule has 0 saturated heterocycles. The van der Waals surface area contributed by atoms with Crippen LogP contribution in [0.5, 0.6) is 0 Å². The van der Waals surface area contributed by atoms with Gasteiger partial charge < -0.3 is 5.73 Å². The number of nitrogens with zero attached hydrogens (tertiary/aromatic N) is 1. The summed E-state index contributed by atoms with van der Waals surface area (Å²) in [5.41, 5.74) is 7.01. The van der Waals surface area contributed by atoms with E-state index in [1.807, 2.05) is 0 Å². The Morgan fingerprint density at radius 1 is 1.00 bits per heavy atom. The molecule has 0 aromatic carbocycles. The molecule has 1 aliphatic carbocycles. The van der Waals surface area contributed by atoms with Crippen LogP contribution in [0.4, 0.5) is 0 Å². The van der Waals surface area contributed by atoms with Crippen molar-refractivity contribution < 1.29 is 0 Å². The van der Waals surface area contributed by atoms with Gasteiger partial charge in [-0.05, 0) is 50.9 Å². The number of hydrogen-bond acceptors (Lipinski definition) is 2. The molecule has 1 unspecified atom stereocenters. The molecule has 0 aromatic heterocycles. The van der Waals surface area contributed by atoms with Gasteiger partial charge in [0.1, 0.15) is 0 Å². The van der Waals surface area contributed by atoms with Gasteiger partial charge in [0.2, 0.25) is 0 Å². The minimum Gasteiger partial charge on any atom is -0.329 e. The van der Waals surface area contributed by atoms with Crippen molar-refractivity contribution in [1.82, 2.24) is 4.90 Å². The summed E-state index contributed by atoms with van der Waals surface area (Å²) in [6.07, 6.45) is 6.53. The first-order valence-electron chi connectivity index (χ1n) is 8.19. The van der Waals surface area contributed by atoms with E-state index in [1.54, 1.807) is 0 Å². The first-order chi connectivity index (χ1) is 8.72. The molecule has 2 nitrogen and oxygen atoms in total. The van der Waals surface area contributed by atoms with Crippen LogP contribution in [0.3, 0.4) is 0 Å². The minimum atomic E-state index is 0.242. The van der Waals surface area contributed by atoms with Crippen LogP contribution >= 0.6 is 0 Å². The molecule has 1 fully saturated rings. The number of rotatable bonds is 5. The van der Waals surface area contributed by atoms with Gasteiger partial charge >= 0.3 is 0 Å². The van der Waals surface area contributed by atoms with Crippen molar-refractivity contribution >= 4 is 0 Å². The highest BCUT2D eigenvalue weighted by Crippen LogP contribution is 2.41. The van der Waals surface area contributed by atoms with Crippen LogP contribution in [-0.4, -0.2) is 29.6 Å². The van der Waals surface area contributed by atoms with Crippen molar-refractivity contribution in [3.8, 4) is 0 Å². The van der Waals surface area contributed by atoms with Gasteiger partial charge in [0.15, 0.2) is 0 Å². The Balaban J connectivity index is 2.92. The Morgan fingerprint density at radius 2 is 1.63 bits per heavy atom. The van der Waals surface area contributed by atoms with Crippen molar-refractivity contribution in [1.29, 1.82) is 0 Å². The zero-order valence-corrected chi connectivity index (χ0v) is 14.1. The van der Waals surface area contributed by atoms with Crippen LogP contribution in [0.25, 0.3) is 0 Å². The van der Waals surface area contributed by atoms with Gasteiger partial charge in [0, 0.05) is 24.7 Å². The molecule has 0 bridgehead atoms. The first-order valence-corrected chi connectivity index (χ1v) is 8.19. The summed E-state index contributed by atoms with van der Waals surface area (Å²) >= 11 is 0. The molecule has 1 rings (SSSR count). The molecular weight excluding hydrogens is 232 g/mol. The predicted octanol–water partition coefficient (Wildman–Crippen LogP) is 4.04. The summed E-state index contributed by atoms with van der Waals surface area (Å²) in [6, 6.07) is 0.590. The van der Waals surface area contributed by atoms with E-state index in [4.69, 9.17) is 5.73 Å². The van der Waals surface area contributed by atoms with Gasteiger partial charge in [-0.3, -0.25) is 4.90 Å². The van der Waals surface area contributed by atoms with Gasteiger partial charge in [-0.25, -0.2) is 0 Å². The molecule has 0 aliphatic heterocycles. The van der Waals surface area contributed by atoms with E-state index in [9.17, 15) is 0 Å². The summed E-state index contributed by atoms with van der Waals surface area (Å²) in [4.78, 5) is 2.71. The standard InChI is InChI=1S/C17H36N2/c1-14(2)12-19(15(3)4)17(13-18)9-7-8-16(5,6)10-11-17/h14-15H,7-13,18H2,1-6H3. The normalized spacial score (nSPS) is 28.1. The van der Waals surface area contributed by atoms with Crippen molar-refractivity contribution in [3.05, 3.63) is 0 Å². The molecule has 2 heteroatoms. The highest BCUT2D eigenvalue weighted by Gasteiger charge is 2.40. The second-order valence-electron chi connectivity index (χ2n) is 8.09. The van der Waals surface area contributed by atoms with Gasteiger partial charge in [-0.15, -0.1) is 0 Å². The predicted molar refractivity (Wildman–Crippen MR) is 85.3 cm³/mol. The molecular formula is C17H36N2. The first kappa shape index (κ1) is 17.0. The second kappa shape index (κ2) is 6.58. The third kappa shape index (κ3) is 4.46. The molecule has 0 amide bonds. The van der Waals surface area contributed by atoms with E-state index in [2.05, 4.69) is 46.4 Å². The van der Waals surface area contributed by atoms with Crippen LogP contribution < -0.4 is 5.73 Å². The maximum Gasteiger partial charge on any atom is 0.0334 e. The van der Waals surface area contributed by atoms with Crippen molar-refractivity contribution in [2.45, 2.75) is 85.2 Å². The van der Waals surface area contributed by atoms with Crippen molar-refractivity contribution in [2.24, 2.45) is 17.1 Å². The van der Waals surface area contributed by atoms with Crippen molar-refractivity contribution in [2.75, 3.05) is 13.1 Å². The molecule has 0 radical (unpaired) electrons. The Labute approximate surface area is 121 Å². The maximum absolute atomic E-state index is 6.27. The van der Waals surface area contributed by atoms with Crippen LogP contribution in [0.15, 0.2) is 0 Å². The Morgan fingerprint density at radius 3 is 2.11 bits per heavy atom. The average Bonchev–Trinajstić information content (AvgIpc) is 2.45. The molecule has 114 valence electrons. The Bertz CT molecular complexity index is 270. The molecule has 1 saturated carbocycles. The quantitative estimate of drug-likeness (QED) is 0.762. The number of nitrogens with two attached hydrogens (primary N) is 1. The molecule has 0 aromatic rings. The molecule has 1 aliphatic rings. The van der Waals surface area contributed by atoms with Crippen LogP contribution in [0.2, 0.25) is 0 Å². The lowest BCUT2D eigenvalue weighted by Crippen LogP contribution is -2.57. The third-order valence-electron chi connectivity index (χ3n) is 4.94. The molecule has 1 atom stereocenters. The van der Waals surface area contributed by atoms with Crippen LogP contribution in [0, 0.1) is 11.3 Å². The summed E-state index contributed by atoms with van der Waals surface area (Å²) in [7, 11) is 0. The Hall–Kier alpha value is -0.0800.